The Labute approximate surface area is 168 Å². The van der Waals surface area contributed by atoms with Gasteiger partial charge in [-0.15, -0.1) is 11.3 Å². The fourth-order valence-corrected chi connectivity index (χ4v) is 4.91. The lowest BCUT2D eigenvalue weighted by molar-refractivity contribution is 0.0605. The van der Waals surface area contributed by atoms with Crippen molar-refractivity contribution >= 4 is 33.3 Å². The second kappa shape index (κ2) is 7.85. The molecule has 1 aliphatic rings. The predicted octanol–water partition coefficient (Wildman–Crippen LogP) is 3.78. The zero-order valence-electron chi connectivity index (χ0n) is 16.4. The van der Waals surface area contributed by atoms with Gasteiger partial charge in [-0.3, -0.25) is 4.90 Å². The Morgan fingerprint density at radius 3 is 2.82 bits per heavy atom. The summed E-state index contributed by atoms with van der Waals surface area (Å²) in [4.78, 5) is 25.1. The Kier molecular flexibility index (Phi) is 5.28. The van der Waals surface area contributed by atoms with Crippen LogP contribution in [0.25, 0.3) is 10.2 Å². The van der Waals surface area contributed by atoms with Crippen molar-refractivity contribution in [1.82, 2.24) is 14.9 Å². The van der Waals surface area contributed by atoms with Crippen molar-refractivity contribution in [2.45, 2.75) is 32.9 Å². The molecule has 0 aliphatic carbocycles. The molecule has 3 heterocycles. The quantitative estimate of drug-likeness (QED) is 0.662. The number of ether oxygens (including phenoxy) is 1. The van der Waals surface area contributed by atoms with Crippen molar-refractivity contribution in [3.8, 4) is 0 Å². The number of esters is 1. The van der Waals surface area contributed by atoms with Gasteiger partial charge in [0.15, 0.2) is 0 Å². The van der Waals surface area contributed by atoms with Crippen molar-refractivity contribution in [3.05, 3.63) is 52.2 Å². The molecule has 1 atom stereocenters. The zero-order valence-corrected chi connectivity index (χ0v) is 17.2. The lowest BCUT2D eigenvalue weighted by atomic mass is 10.2. The molecule has 1 saturated heterocycles. The van der Waals surface area contributed by atoms with Crippen LogP contribution in [0.2, 0.25) is 0 Å². The fourth-order valence-electron chi connectivity index (χ4n) is 3.77. The largest absolute Gasteiger partial charge is 0.465 e. The Morgan fingerprint density at radius 1 is 1.29 bits per heavy atom. The van der Waals surface area contributed by atoms with Crippen LogP contribution < -0.4 is 5.32 Å². The zero-order chi connectivity index (χ0) is 19.7. The van der Waals surface area contributed by atoms with Crippen LogP contribution in [0.4, 0.5) is 5.82 Å². The standard InChI is InChI=1S/C21H24N4O2S/c1-13-17-19(22-14(2)23-20(17)28-18(13)21(26)27-3)24-16-9-10-25(12-16)11-15-7-5-4-6-8-15/h4-8,16H,9-12H2,1-3H3,(H,22,23,24). The SMILES string of the molecule is COC(=O)c1sc2nc(C)nc(NC3CCN(Cc4ccccc4)C3)c2c1C. The van der Waals surface area contributed by atoms with E-state index in [4.69, 9.17) is 4.74 Å². The average molecular weight is 397 g/mol. The van der Waals surface area contributed by atoms with Crippen molar-refractivity contribution in [2.24, 2.45) is 0 Å². The van der Waals surface area contributed by atoms with E-state index in [1.807, 2.05) is 19.9 Å². The summed E-state index contributed by atoms with van der Waals surface area (Å²) < 4.78 is 4.92. The van der Waals surface area contributed by atoms with E-state index in [1.165, 1.54) is 24.0 Å². The molecule has 7 heteroatoms. The first-order valence-corrected chi connectivity index (χ1v) is 10.3. The van der Waals surface area contributed by atoms with Gasteiger partial charge >= 0.3 is 5.97 Å². The smallest absolute Gasteiger partial charge is 0.348 e. The van der Waals surface area contributed by atoms with Crippen molar-refractivity contribution < 1.29 is 9.53 Å². The van der Waals surface area contributed by atoms with Gasteiger partial charge in [0.1, 0.15) is 21.3 Å². The summed E-state index contributed by atoms with van der Waals surface area (Å²) in [5, 5.41) is 4.54. The first kappa shape index (κ1) is 18.8. The number of rotatable bonds is 5. The third-order valence-electron chi connectivity index (χ3n) is 5.13. The highest BCUT2D eigenvalue weighted by Crippen LogP contribution is 2.35. The third kappa shape index (κ3) is 3.72. The predicted molar refractivity (Wildman–Crippen MR) is 112 cm³/mol. The minimum absolute atomic E-state index is 0.320. The van der Waals surface area contributed by atoms with Crippen LogP contribution in [0, 0.1) is 13.8 Å². The molecule has 3 aromatic rings. The van der Waals surface area contributed by atoms with Gasteiger partial charge in [0, 0.05) is 25.7 Å². The number of hydrogen-bond acceptors (Lipinski definition) is 7. The molecule has 1 fully saturated rings. The Hall–Kier alpha value is -2.51. The highest BCUT2D eigenvalue weighted by Gasteiger charge is 2.25. The van der Waals surface area contributed by atoms with E-state index in [1.54, 1.807) is 0 Å². The molecular formula is C21H24N4O2S. The fraction of sp³-hybridized carbons (Fsp3) is 0.381. The highest BCUT2D eigenvalue weighted by molar-refractivity contribution is 7.20. The normalized spacial score (nSPS) is 17.2. The van der Waals surface area contributed by atoms with Crippen LogP contribution in [-0.4, -0.2) is 47.1 Å². The van der Waals surface area contributed by atoms with E-state index >= 15 is 0 Å². The number of aromatic nitrogens is 2. The third-order valence-corrected chi connectivity index (χ3v) is 6.30. The molecule has 146 valence electrons. The molecule has 6 nitrogen and oxygen atoms in total. The number of benzene rings is 1. The molecule has 2 aromatic heterocycles. The number of carbonyl (C=O) groups excluding carboxylic acids is 1. The molecule has 0 radical (unpaired) electrons. The van der Waals surface area contributed by atoms with Gasteiger partial charge in [-0.1, -0.05) is 30.3 Å². The summed E-state index contributed by atoms with van der Waals surface area (Å²) in [6.45, 7) is 6.79. The Morgan fingerprint density at radius 2 is 2.07 bits per heavy atom. The average Bonchev–Trinajstić information content (AvgIpc) is 3.26. The van der Waals surface area contributed by atoms with E-state index in [9.17, 15) is 4.79 Å². The van der Waals surface area contributed by atoms with E-state index in [2.05, 4.69) is 44.5 Å². The first-order valence-electron chi connectivity index (χ1n) is 9.44. The first-order chi connectivity index (χ1) is 13.5. The van der Waals surface area contributed by atoms with Crippen molar-refractivity contribution in [1.29, 1.82) is 0 Å². The lowest BCUT2D eigenvalue weighted by Gasteiger charge is -2.18. The molecule has 4 rings (SSSR count). The van der Waals surface area contributed by atoms with E-state index in [0.717, 1.165) is 47.7 Å². The number of hydrogen-bond donors (Lipinski definition) is 1. The molecule has 0 amide bonds. The number of anilines is 1. The Bertz CT molecular complexity index is 1000. The molecule has 1 aromatic carbocycles. The van der Waals surface area contributed by atoms with Gasteiger partial charge < -0.3 is 10.1 Å². The summed E-state index contributed by atoms with van der Waals surface area (Å²) in [5.41, 5.74) is 2.22. The summed E-state index contributed by atoms with van der Waals surface area (Å²) >= 11 is 1.37. The van der Waals surface area contributed by atoms with Crippen LogP contribution in [0.1, 0.15) is 33.0 Å². The molecule has 1 N–H and O–H groups in total. The number of thiophene rings is 1. The molecule has 28 heavy (non-hydrogen) atoms. The van der Waals surface area contributed by atoms with Crippen LogP contribution in [0.15, 0.2) is 30.3 Å². The molecule has 0 spiro atoms. The van der Waals surface area contributed by atoms with Gasteiger partial charge in [-0.05, 0) is 31.4 Å². The lowest BCUT2D eigenvalue weighted by Crippen LogP contribution is -2.26. The minimum atomic E-state index is -0.320. The van der Waals surface area contributed by atoms with Crippen LogP contribution in [0.5, 0.6) is 0 Å². The maximum atomic E-state index is 12.1. The Balaban J connectivity index is 1.55. The van der Waals surface area contributed by atoms with Crippen LogP contribution in [-0.2, 0) is 11.3 Å². The number of fused-ring (bicyclic) bond motifs is 1. The summed E-state index contributed by atoms with van der Waals surface area (Å²) in [6, 6.07) is 10.9. The number of nitrogens with one attached hydrogen (secondary N) is 1. The minimum Gasteiger partial charge on any atom is -0.465 e. The number of aryl methyl sites for hydroxylation is 2. The van der Waals surface area contributed by atoms with Crippen molar-refractivity contribution in [2.75, 3.05) is 25.5 Å². The van der Waals surface area contributed by atoms with Gasteiger partial charge in [-0.25, -0.2) is 14.8 Å². The molecular weight excluding hydrogens is 372 g/mol. The van der Waals surface area contributed by atoms with Gasteiger partial charge in [0.25, 0.3) is 0 Å². The monoisotopic (exact) mass is 396 g/mol. The maximum Gasteiger partial charge on any atom is 0.348 e. The number of carbonyl (C=O) groups is 1. The van der Waals surface area contributed by atoms with Crippen molar-refractivity contribution in [3.63, 3.8) is 0 Å². The molecule has 1 aliphatic heterocycles. The molecule has 0 saturated carbocycles. The second-order valence-corrected chi connectivity index (χ2v) is 8.20. The topological polar surface area (TPSA) is 67.3 Å². The number of nitrogens with zero attached hydrogens (tertiary/aromatic N) is 3. The van der Waals surface area contributed by atoms with Gasteiger partial charge in [0.05, 0.1) is 12.5 Å². The van der Waals surface area contributed by atoms with Crippen LogP contribution in [0.3, 0.4) is 0 Å². The maximum absolute atomic E-state index is 12.1. The number of likely N-dealkylation sites (tertiary alicyclic amines) is 1. The molecule has 1 unspecified atom stereocenters. The number of methoxy groups -OCH3 is 1. The van der Waals surface area contributed by atoms with E-state index in [0.29, 0.717) is 16.7 Å². The van der Waals surface area contributed by atoms with Gasteiger partial charge in [-0.2, -0.15) is 0 Å². The van der Waals surface area contributed by atoms with E-state index in [-0.39, 0.29) is 5.97 Å². The van der Waals surface area contributed by atoms with E-state index < -0.39 is 0 Å². The summed E-state index contributed by atoms with van der Waals surface area (Å²) in [5.74, 6) is 1.20. The molecule has 0 bridgehead atoms. The van der Waals surface area contributed by atoms with Gasteiger partial charge in [0.2, 0.25) is 0 Å². The summed E-state index contributed by atoms with van der Waals surface area (Å²) in [6.07, 6.45) is 1.06. The van der Waals surface area contributed by atoms with Crippen LogP contribution >= 0.6 is 11.3 Å². The highest BCUT2D eigenvalue weighted by atomic mass is 32.1. The summed E-state index contributed by atoms with van der Waals surface area (Å²) in [7, 11) is 1.40. The second-order valence-electron chi connectivity index (χ2n) is 7.20.